The predicted molar refractivity (Wildman–Crippen MR) is 109 cm³/mol. The van der Waals surface area contributed by atoms with E-state index < -0.39 is 7.82 Å². The van der Waals surface area contributed by atoms with Gasteiger partial charge in [0, 0.05) is 0 Å². The van der Waals surface area contributed by atoms with Gasteiger partial charge in [0.05, 0.1) is 19.8 Å². The van der Waals surface area contributed by atoms with Gasteiger partial charge < -0.3 is 22.3 Å². The molecule has 0 aliphatic carbocycles. The zero-order valence-electron chi connectivity index (χ0n) is 17.0. The van der Waals surface area contributed by atoms with E-state index in [1.54, 1.807) is 0 Å². The van der Waals surface area contributed by atoms with Crippen LogP contribution >= 0.6 is 7.82 Å². The van der Waals surface area contributed by atoms with Crippen LogP contribution in [0.15, 0.2) is 0 Å². The lowest BCUT2D eigenvalue weighted by Crippen LogP contribution is -2.01. The molecule has 0 aromatic rings. The predicted octanol–water partition coefficient (Wildman–Crippen LogP) is 5.92. The zero-order chi connectivity index (χ0) is 17.9. The normalized spacial score (nSPS) is 12.9. The molecule has 0 heterocycles. The van der Waals surface area contributed by atoms with Gasteiger partial charge in [0.15, 0.2) is 0 Å². The van der Waals surface area contributed by atoms with Gasteiger partial charge in [-0.15, -0.1) is 0 Å². The lowest BCUT2D eigenvalue weighted by molar-refractivity contribution is 0.122. The van der Waals surface area contributed by atoms with Crippen LogP contribution in [0.2, 0.25) is 0 Å². The van der Waals surface area contributed by atoms with Gasteiger partial charge >= 0.3 is 7.82 Å². The van der Waals surface area contributed by atoms with E-state index in [0.717, 1.165) is 19.3 Å². The third-order valence-electron chi connectivity index (χ3n) is 4.10. The molecule has 0 aromatic carbocycles. The van der Waals surface area contributed by atoms with Gasteiger partial charge in [-0.25, -0.2) is 4.57 Å². The summed E-state index contributed by atoms with van der Waals surface area (Å²) in [6.07, 6.45) is 17.8. The molecule has 0 aliphatic rings. The summed E-state index contributed by atoms with van der Waals surface area (Å²) in [5.41, 5.74) is 0. The number of aliphatic hydroxyl groups excluding tert-OH is 1. The molecule has 0 saturated heterocycles. The van der Waals surface area contributed by atoms with Crippen LogP contribution in [0.5, 0.6) is 0 Å². The second-order valence-electron chi connectivity index (χ2n) is 6.45. The summed E-state index contributed by atoms with van der Waals surface area (Å²) in [5, 5.41) is 8.52. The molecular weight excluding hydrogens is 355 g/mol. The van der Waals surface area contributed by atoms with Crippen LogP contribution in [-0.4, -0.2) is 29.8 Å². The van der Waals surface area contributed by atoms with Gasteiger partial charge in [0.1, 0.15) is 0 Å². The van der Waals surface area contributed by atoms with Crippen molar-refractivity contribution in [3.8, 4) is 0 Å². The highest BCUT2D eigenvalue weighted by Gasteiger charge is 2.19. The molecule has 26 heavy (non-hydrogen) atoms. The fraction of sp³-hybridized carbons (Fsp3) is 1.00. The topological polar surface area (TPSA) is 146 Å². The molecule has 8 N–H and O–H groups in total. The first-order valence-electron chi connectivity index (χ1n) is 9.85. The van der Waals surface area contributed by atoms with Crippen LogP contribution in [0, 0.1) is 0 Å². The fourth-order valence-corrected chi connectivity index (χ4v) is 3.42. The number of unbranched alkanes of at least 4 members (excludes halogenated alkanes) is 13. The lowest BCUT2D eigenvalue weighted by atomic mass is 10.0. The van der Waals surface area contributed by atoms with Crippen molar-refractivity contribution >= 4 is 7.82 Å². The summed E-state index contributed by atoms with van der Waals surface area (Å²) in [6, 6.07) is 0. The van der Waals surface area contributed by atoms with Gasteiger partial charge in [-0.05, 0) is 6.42 Å². The van der Waals surface area contributed by atoms with Gasteiger partial charge in [-0.1, -0.05) is 90.4 Å². The molecule has 0 radical (unpaired) electrons. The van der Waals surface area contributed by atoms with Crippen molar-refractivity contribution in [2.75, 3.05) is 19.8 Å². The summed E-state index contributed by atoms with van der Waals surface area (Å²) in [6.45, 7) is 2.03. The molecule has 1 unspecified atom stereocenters. The highest BCUT2D eigenvalue weighted by atomic mass is 31.2. The van der Waals surface area contributed by atoms with Crippen LogP contribution < -0.4 is 12.3 Å². The fourth-order valence-electron chi connectivity index (χ4n) is 2.67. The average molecular weight is 401 g/mol. The first-order valence-corrected chi connectivity index (χ1v) is 11.3. The number of hydrogen-bond donors (Lipinski definition) is 4. The van der Waals surface area contributed by atoms with E-state index in [4.69, 9.17) is 9.63 Å². The van der Waals surface area contributed by atoms with E-state index in [1.165, 1.54) is 70.6 Å². The molecule has 0 amide bonds. The van der Waals surface area contributed by atoms with Crippen LogP contribution in [0.1, 0.15) is 96.8 Å². The Kier molecular flexibility index (Phi) is 27.2. The summed E-state index contributed by atoms with van der Waals surface area (Å²) in [7, 11) is -3.96. The Hall–Kier alpha value is -0.0100. The summed E-state index contributed by atoms with van der Waals surface area (Å²) >= 11 is 0. The molecule has 0 fully saturated rings. The minimum Gasteiger partial charge on any atom is -0.394 e. The van der Waals surface area contributed by atoms with Gasteiger partial charge in [-0.3, -0.25) is 9.05 Å². The monoisotopic (exact) mass is 400 g/mol. The molecule has 0 aliphatic heterocycles. The Morgan fingerprint density at radius 2 is 1.00 bits per heavy atom. The maximum atomic E-state index is 11.3. The van der Waals surface area contributed by atoms with Crippen molar-refractivity contribution in [3.05, 3.63) is 0 Å². The van der Waals surface area contributed by atoms with Gasteiger partial charge in [0.2, 0.25) is 0 Å². The molecule has 0 bridgehead atoms. The van der Waals surface area contributed by atoms with Gasteiger partial charge in [-0.2, -0.15) is 0 Å². The smallest absolute Gasteiger partial charge is 0.394 e. The highest BCUT2D eigenvalue weighted by molar-refractivity contribution is 7.47. The van der Waals surface area contributed by atoms with Crippen molar-refractivity contribution in [2.45, 2.75) is 96.8 Å². The Morgan fingerprint density at radius 1 is 0.654 bits per heavy atom. The number of rotatable bonds is 19. The second-order valence-corrected chi connectivity index (χ2v) is 7.91. The summed E-state index contributed by atoms with van der Waals surface area (Å²) in [5.74, 6) is 0. The van der Waals surface area contributed by atoms with Crippen LogP contribution in [0.3, 0.4) is 0 Å². The Bertz CT molecular complexity index is 309. The Morgan fingerprint density at radius 3 is 1.38 bits per heavy atom. The molecule has 0 spiro atoms. The molecule has 0 rings (SSSR count). The average Bonchev–Trinajstić information content (AvgIpc) is 2.56. The number of aliphatic hydroxyl groups is 1. The quantitative estimate of drug-likeness (QED) is 0.155. The van der Waals surface area contributed by atoms with E-state index in [0.29, 0.717) is 0 Å². The first kappa shape index (κ1) is 30.7. The molecular formula is C18H45N2O5P. The maximum Gasteiger partial charge on any atom is 0.472 e. The van der Waals surface area contributed by atoms with Gasteiger partial charge in [0.25, 0.3) is 0 Å². The van der Waals surface area contributed by atoms with E-state index in [-0.39, 0.29) is 32.1 Å². The minimum absolute atomic E-state index is 0. The van der Waals surface area contributed by atoms with Crippen molar-refractivity contribution in [3.63, 3.8) is 0 Å². The largest absolute Gasteiger partial charge is 0.472 e. The summed E-state index contributed by atoms with van der Waals surface area (Å²) in [4.78, 5) is 9.25. The maximum absolute atomic E-state index is 11.3. The van der Waals surface area contributed by atoms with E-state index >= 15 is 0 Å². The van der Waals surface area contributed by atoms with Crippen molar-refractivity contribution in [2.24, 2.45) is 0 Å². The number of phosphoric acid groups is 1. The van der Waals surface area contributed by atoms with Crippen molar-refractivity contribution in [1.82, 2.24) is 12.3 Å². The first-order chi connectivity index (χ1) is 11.6. The minimum atomic E-state index is -3.96. The Labute approximate surface area is 161 Å². The number of hydrogen-bond acceptors (Lipinski definition) is 6. The lowest BCUT2D eigenvalue weighted by Gasteiger charge is -2.11. The Balaban J connectivity index is -0.00000264. The van der Waals surface area contributed by atoms with E-state index in [2.05, 4.69) is 11.4 Å². The van der Waals surface area contributed by atoms with Crippen LogP contribution in [0.4, 0.5) is 0 Å². The summed E-state index contributed by atoms with van der Waals surface area (Å²) < 4.78 is 20.7. The third-order valence-corrected chi connectivity index (χ3v) is 5.12. The second kappa shape index (κ2) is 23.0. The molecule has 1 atom stereocenters. The molecule has 162 valence electrons. The zero-order valence-corrected chi connectivity index (χ0v) is 17.9. The molecule has 7 nitrogen and oxygen atoms in total. The van der Waals surface area contributed by atoms with Crippen molar-refractivity contribution < 1.29 is 23.6 Å². The molecule has 0 saturated carbocycles. The number of phosphoric ester groups is 1. The highest BCUT2D eigenvalue weighted by Crippen LogP contribution is 2.42. The molecule has 8 heteroatoms. The van der Waals surface area contributed by atoms with E-state index in [9.17, 15) is 9.46 Å². The van der Waals surface area contributed by atoms with Crippen molar-refractivity contribution in [1.29, 1.82) is 0 Å². The molecule has 0 aromatic heterocycles. The van der Waals surface area contributed by atoms with E-state index in [1.807, 2.05) is 0 Å². The SMILES string of the molecule is CCCCCCCCCCCCCCCCOP(=O)(O)OCCO.N.N. The van der Waals surface area contributed by atoms with Crippen LogP contribution in [0.25, 0.3) is 0 Å². The standard InChI is InChI=1S/C18H39O5P.2H3N/c1-2-3-4-5-6-7-8-9-10-11-12-13-14-15-17-22-24(20,21)23-18-16-19;;/h19H,2-18H2,1H3,(H,20,21);2*1H3. The third kappa shape index (κ3) is 24.0. The van der Waals surface area contributed by atoms with Crippen LogP contribution in [-0.2, 0) is 13.6 Å².